The normalized spacial score (nSPS) is 9.85. The summed E-state index contributed by atoms with van der Waals surface area (Å²) >= 11 is 9.17. The van der Waals surface area contributed by atoms with Crippen LogP contribution in [0.4, 0.5) is 11.5 Å². The van der Waals surface area contributed by atoms with Crippen LogP contribution in [0.5, 0.6) is 0 Å². The first-order chi connectivity index (χ1) is 9.51. The molecule has 0 atom stereocenters. The number of pyridine rings is 1. The van der Waals surface area contributed by atoms with E-state index in [1.54, 1.807) is 12.1 Å². The molecule has 100 valence electrons. The lowest BCUT2D eigenvalue weighted by Crippen LogP contribution is -2.05. The van der Waals surface area contributed by atoms with Gasteiger partial charge in [-0.25, -0.2) is 9.78 Å². The molecule has 0 aliphatic carbocycles. The van der Waals surface area contributed by atoms with E-state index < -0.39 is 5.97 Å². The van der Waals surface area contributed by atoms with E-state index in [4.69, 9.17) is 22.0 Å². The van der Waals surface area contributed by atoms with Crippen LogP contribution >= 0.6 is 27.5 Å². The molecular weight excluding hydrogens is 346 g/mol. The first kappa shape index (κ1) is 14.3. The molecule has 1 heterocycles. The fourth-order valence-electron chi connectivity index (χ4n) is 1.52. The summed E-state index contributed by atoms with van der Waals surface area (Å²) in [6.45, 7) is 0. The number of carboxylic acids is 1. The zero-order chi connectivity index (χ0) is 14.7. The molecule has 1 aromatic carbocycles. The molecule has 0 saturated heterocycles. The molecule has 2 N–H and O–H groups in total. The number of nitrogens with zero attached hydrogens (tertiary/aromatic N) is 2. The summed E-state index contributed by atoms with van der Waals surface area (Å²) in [5, 5.41) is 21.2. The third kappa shape index (κ3) is 3.07. The van der Waals surface area contributed by atoms with Crippen LogP contribution in [0.15, 0.2) is 34.9 Å². The highest BCUT2D eigenvalue weighted by molar-refractivity contribution is 9.10. The van der Waals surface area contributed by atoms with Crippen molar-refractivity contribution in [2.24, 2.45) is 0 Å². The molecule has 20 heavy (non-hydrogen) atoms. The average Bonchev–Trinajstić information content (AvgIpc) is 2.42. The third-order valence-corrected chi connectivity index (χ3v) is 3.20. The van der Waals surface area contributed by atoms with E-state index in [2.05, 4.69) is 26.2 Å². The fourth-order valence-corrected chi connectivity index (χ4v) is 2.02. The summed E-state index contributed by atoms with van der Waals surface area (Å²) in [4.78, 5) is 15.2. The lowest BCUT2D eigenvalue weighted by Gasteiger charge is -2.10. The maximum absolute atomic E-state index is 11.2. The predicted octanol–water partition coefficient (Wildman–Crippen LogP) is 3.81. The van der Waals surface area contributed by atoms with Crippen LogP contribution in [0.2, 0.25) is 5.02 Å². The third-order valence-electron chi connectivity index (χ3n) is 2.43. The van der Waals surface area contributed by atoms with E-state index in [1.807, 2.05) is 6.07 Å². The van der Waals surface area contributed by atoms with Crippen LogP contribution < -0.4 is 5.32 Å². The number of aromatic nitrogens is 1. The van der Waals surface area contributed by atoms with Crippen molar-refractivity contribution in [2.45, 2.75) is 0 Å². The Morgan fingerprint density at radius 3 is 2.85 bits per heavy atom. The van der Waals surface area contributed by atoms with E-state index in [9.17, 15) is 4.79 Å². The Bertz CT molecular complexity index is 728. The Labute approximate surface area is 128 Å². The van der Waals surface area contributed by atoms with E-state index in [0.717, 1.165) is 0 Å². The summed E-state index contributed by atoms with van der Waals surface area (Å²) in [5.74, 6) is -0.966. The second-order valence-electron chi connectivity index (χ2n) is 3.79. The number of hydrogen-bond donors (Lipinski definition) is 2. The Hall–Kier alpha value is -2.10. The van der Waals surface area contributed by atoms with Crippen LogP contribution in [0.3, 0.4) is 0 Å². The maximum Gasteiger partial charge on any atom is 0.339 e. The van der Waals surface area contributed by atoms with Crippen molar-refractivity contribution in [3.05, 3.63) is 51.1 Å². The van der Waals surface area contributed by atoms with Crippen molar-refractivity contribution in [1.29, 1.82) is 5.26 Å². The second-order valence-corrected chi connectivity index (χ2v) is 5.11. The Kier molecular flexibility index (Phi) is 4.23. The number of anilines is 2. The lowest BCUT2D eigenvalue weighted by molar-refractivity contribution is 0.0697. The number of hydrogen-bond acceptors (Lipinski definition) is 4. The van der Waals surface area contributed by atoms with Crippen LogP contribution in [0.1, 0.15) is 15.9 Å². The molecule has 0 amide bonds. The molecule has 2 rings (SSSR count). The van der Waals surface area contributed by atoms with Gasteiger partial charge in [0.05, 0.1) is 22.3 Å². The molecule has 0 radical (unpaired) electrons. The van der Waals surface area contributed by atoms with Crippen molar-refractivity contribution in [3.8, 4) is 6.07 Å². The standard InChI is InChI=1S/C13H7BrClN3O2/c14-8-4-9(13(19)20)12(17-6-8)18-11-3-7(5-16)1-2-10(11)15/h1-4,6H,(H,17,18)(H,19,20). The molecule has 0 bridgehead atoms. The molecule has 2 aromatic rings. The van der Waals surface area contributed by atoms with Gasteiger partial charge in [0.2, 0.25) is 0 Å². The molecule has 7 heteroatoms. The SMILES string of the molecule is N#Cc1ccc(Cl)c(Nc2ncc(Br)cc2C(=O)O)c1. The van der Waals surface area contributed by atoms with Gasteiger partial charge < -0.3 is 10.4 Å². The minimum absolute atomic E-state index is 0.00203. The van der Waals surface area contributed by atoms with Crippen LogP contribution in [-0.4, -0.2) is 16.1 Å². The van der Waals surface area contributed by atoms with Gasteiger partial charge in [-0.15, -0.1) is 0 Å². The highest BCUT2D eigenvalue weighted by atomic mass is 79.9. The van der Waals surface area contributed by atoms with Crippen LogP contribution in [0, 0.1) is 11.3 Å². The van der Waals surface area contributed by atoms with Gasteiger partial charge in [-0.1, -0.05) is 11.6 Å². The van der Waals surface area contributed by atoms with Crippen molar-refractivity contribution in [3.63, 3.8) is 0 Å². The predicted molar refractivity (Wildman–Crippen MR) is 78.3 cm³/mol. The van der Waals surface area contributed by atoms with Crippen molar-refractivity contribution in [1.82, 2.24) is 4.98 Å². The summed E-state index contributed by atoms with van der Waals surface area (Å²) in [6.07, 6.45) is 1.47. The number of nitrogens with one attached hydrogen (secondary N) is 1. The van der Waals surface area contributed by atoms with Crippen molar-refractivity contribution >= 4 is 45.0 Å². The largest absolute Gasteiger partial charge is 0.478 e. The number of benzene rings is 1. The summed E-state index contributed by atoms with van der Waals surface area (Å²) in [5.41, 5.74) is 0.826. The quantitative estimate of drug-likeness (QED) is 0.877. The monoisotopic (exact) mass is 351 g/mol. The van der Waals surface area contributed by atoms with Gasteiger partial charge in [0.25, 0.3) is 0 Å². The molecule has 0 unspecified atom stereocenters. The highest BCUT2D eigenvalue weighted by Gasteiger charge is 2.13. The van der Waals surface area contributed by atoms with Gasteiger partial charge in [0.15, 0.2) is 0 Å². The summed E-state index contributed by atoms with van der Waals surface area (Å²) < 4.78 is 0.553. The van der Waals surface area contributed by atoms with Gasteiger partial charge in [0.1, 0.15) is 11.4 Å². The van der Waals surface area contributed by atoms with E-state index in [-0.39, 0.29) is 11.4 Å². The topological polar surface area (TPSA) is 86.0 Å². The number of nitriles is 1. The molecule has 0 spiro atoms. The van der Waals surface area contributed by atoms with Gasteiger partial charge in [0, 0.05) is 10.7 Å². The maximum atomic E-state index is 11.2. The minimum atomic E-state index is -1.12. The van der Waals surface area contributed by atoms with Gasteiger partial charge in [-0.3, -0.25) is 0 Å². The van der Waals surface area contributed by atoms with Crippen molar-refractivity contribution in [2.75, 3.05) is 5.32 Å². The van der Waals surface area contributed by atoms with E-state index in [0.29, 0.717) is 20.7 Å². The second kappa shape index (κ2) is 5.90. The molecule has 0 aliphatic heterocycles. The van der Waals surface area contributed by atoms with E-state index >= 15 is 0 Å². The molecule has 0 aliphatic rings. The summed E-state index contributed by atoms with van der Waals surface area (Å²) in [6, 6.07) is 8.07. The van der Waals surface area contributed by atoms with Crippen LogP contribution in [-0.2, 0) is 0 Å². The Balaban J connectivity index is 2.45. The number of rotatable bonds is 3. The van der Waals surface area contributed by atoms with Crippen molar-refractivity contribution < 1.29 is 9.90 Å². The Morgan fingerprint density at radius 2 is 2.20 bits per heavy atom. The van der Waals surface area contributed by atoms with Gasteiger partial charge in [-0.2, -0.15) is 5.26 Å². The average molecular weight is 353 g/mol. The van der Waals surface area contributed by atoms with Crippen LogP contribution in [0.25, 0.3) is 0 Å². The molecule has 1 aromatic heterocycles. The number of aromatic carboxylic acids is 1. The van der Waals surface area contributed by atoms with Gasteiger partial charge in [-0.05, 0) is 40.2 Å². The molecule has 0 fully saturated rings. The number of carboxylic acid groups (broad SMARTS) is 1. The smallest absolute Gasteiger partial charge is 0.339 e. The van der Waals surface area contributed by atoms with Gasteiger partial charge >= 0.3 is 5.97 Å². The lowest BCUT2D eigenvalue weighted by atomic mass is 10.2. The molecule has 5 nitrogen and oxygen atoms in total. The first-order valence-corrected chi connectivity index (χ1v) is 6.54. The zero-order valence-corrected chi connectivity index (χ0v) is 12.2. The number of carbonyl (C=O) groups is 1. The highest BCUT2D eigenvalue weighted by Crippen LogP contribution is 2.28. The molecule has 0 saturated carbocycles. The summed E-state index contributed by atoms with van der Waals surface area (Å²) in [7, 11) is 0. The molecular formula is C13H7BrClN3O2. The zero-order valence-electron chi connectivity index (χ0n) is 9.89. The fraction of sp³-hybridized carbons (Fsp3) is 0. The van der Waals surface area contributed by atoms with E-state index in [1.165, 1.54) is 18.3 Å². The first-order valence-electron chi connectivity index (χ1n) is 5.37. The minimum Gasteiger partial charge on any atom is -0.478 e. The Morgan fingerprint density at radius 1 is 1.45 bits per heavy atom. The number of halogens is 2.